The Labute approximate surface area is 152 Å². The van der Waals surface area contributed by atoms with Crippen LogP contribution < -0.4 is 5.32 Å². The molecule has 1 saturated carbocycles. The third-order valence-corrected chi connectivity index (χ3v) is 4.67. The summed E-state index contributed by atoms with van der Waals surface area (Å²) >= 11 is 0. The predicted octanol–water partition coefficient (Wildman–Crippen LogP) is 2.81. The van der Waals surface area contributed by atoms with Gasteiger partial charge in [0.05, 0.1) is 11.4 Å². The number of pyridine rings is 1. The number of nitrogens with zero attached hydrogens (tertiary/aromatic N) is 2. The van der Waals surface area contributed by atoms with Gasteiger partial charge in [-0.2, -0.15) is 0 Å². The molecule has 1 aliphatic carbocycles. The van der Waals surface area contributed by atoms with E-state index >= 15 is 0 Å². The summed E-state index contributed by atoms with van der Waals surface area (Å²) in [6.07, 6.45) is 1.03. The van der Waals surface area contributed by atoms with E-state index in [1.54, 1.807) is 30.3 Å². The van der Waals surface area contributed by atoms with Crippen LogP contribution in [0, 0.1) is 11.3 Å². The highest BCUT2D eigenvalue weighted by molar-refractivity contribution is 5.97. The monoisotopic (exact) mass is 357 g/mol. The van der Waals surface area contributed by atoms with Gasteiger partial charge in [0, 0.05) is 37.3 Å². The highest BCUT2D eigenvalue weighted by Gasteiger charge is 2.45. The zero-order valence-electron chi connectivity index (χ0n) is 15.3. The van der Waals surface area contributed by atoms with Crippen molar-refractivity contribution in [3.05, 3.63) is 42.1 Å². The average molecular weight is 357 g/mol. The highest BCUT2D eigenvalue weighted by Crippen LogP contribution is 2.35. The van der Waals surface area contributed by atoms with Crippen LogP contribution in [0.2, 0.25) is 0 Å². The molecule has 1 N–H and O–H groups in total. The second-order valence-electron chi connectivity index (χ2n) is 7.81. The molecule has 1 aromatic carbocycles. The largest absolute Gasteiger partial charge is 0.351 e. The van der Waals surface area contributed by atoms with E-state index in [9.17, 15) is 14.0 Å². The van der Waals surface area contributed by atoms with Crippen molar-refractivity contribution in [1.82, 2.24) is 15.2 Å². The highest BCUT2D eigenvalue weighted by atomic mass is 19.1. The third kappa shape index (κ3) is 4.18. The van der Waals surface area contributed by atoms with Crippen molar-refractivity contribution in [2.24, 2.45) is 11.3 Å². The maximum atomic E-state index is 13.1. The van der Waals surface area contributed by atoms with E-state index in [-0.39, 0.29) is 17.2 Å². The summed E-state index contributed by atoms with van der Waals surface area (Å²) in [5.41, 5.74) is 1.00. The lowest BCUT2D eigenvalue weighted by atomic mass is 9.92. The minimum absolute atomic E-state index is 0.155. The van der Waals surface area contributed by atoms with Crippen molar-refractivity contribution < 1.29 is 14.0 Å². The van der Waals surface area contributed by atoms with Crippen LogP contribution in [0.15, 0.2) is 36.5 Å². The molecule has 2 aromatic rings. The zero-order chi connectivity index (χ0) is 18.9. The van der Waals surface area contributed by atoms with Crippen molar-refractivity contribution in [2.45, 2.75) is 26.4 Å². The second kappa shape index (κ2) is 7.02. The number of aromatic nitrogens is 1. The molecule has 0 saturated heterocycles. The normalized spacial score (nSPS) is 19.2. The molecule has 3 rings (SSSR count). The van der Waals surface area contributed by atoms with Gasteiger partial charge in [-0.15, -0.1) is 0 Å². The quantitative estimate of drug-likeness (QED) is 0.865. The molecule has 1 aromatic heterocycles. The summed E-state index contributed by atoms with van der Waals surface area (Å²) in [5, 5.41) is 3.91. The van der Waals surface area contributed by atoms with Gasteiger partial charge >= 0.3 is 0 Å². The summed E-state index contributed by atoms with van der Waals surface area (Å²) in [6.45, 7) is 4.81. The maximum Gasteiger partial charge on any atom is 0.251 e. The minimum atomic E-state index is -0.991. The fraction of sp³-hybridized carbons (Fsp3) is 0.450. The molecule has 2 amide bonds. The number of alkyl halides is 1. The van der Waals surface area contributed by atoms with Crippen molar-refractivity contribution in [2.75, 3.05) is 20.1 Å². The van der Waals surface area contributed by atoms with E-state index in [0.717, 1.165) is 10.9 Å². The standard InChI is InChI=1S/C20H24FN3O2/c1-20(2,12-24(3)19(26)15-10-16(15)21)11-23-18(25)14-7-6-13-5-4-8-22-17(13)9-14/h4-9,15-16H,10-12H2,1-3H3,(H,23,25)/t15-,16+/m1/s1. The number of hydrogen-bond acceptors (Lipinski definition) is 3. The first-order valence-electron chi connectivity index (χ1n) is 8.79. The Morgan fingerprint density at radius 1 is 1.35 bits per heavy atom. The molecule has 6 heteroatoms. The minimum Gasteiger partial charge on any atom is -0.351 e. The number of fused-ring (bicyclic) bond motifs is 1. The van der Waals surface area contributed by atoms with Crippen molar-refractivity contribution in [1.29, 1.82) is 0 Å². The number of nitrogens with one attached hydrogen (secondary N) is 1. The van der Waals surface area contributed by atoms with Crippen LogP contribution in [0.1, 0.15) is 30.6 Å². The second-order valence-corrected chi connectivity index (χ2v) is 7.81. The van der Waals surface area contributed by atoms with Crippen LogP contribution in [0.5, 0.6) is 0 Å². The van der Waals surface area contributed by atoms with Crippen molar-refractivity contribution in [3.8, 4) is 0 Å². The summed E-state index contributed by atoms with van der Waals surface area (Å²) in [5.74, 6) is -0.807. The lowest BCUT2D eigenvalue weighted by molar-refractivity contribution is -0.132. The van der Waals surface area contributed by atoms with Gasteiger partial charge in [0.1, 0.15) is 6.17 Å². The molecule has 2 atom stereocenters. The van der Waals surface area contributed by atoms with Crippen LogP contribution in [-0.4, -0.2) is 48.0 Å². The Kier molecular flexibility index (Phi) is 4.94. The van der Waals surface area contributed by atoms with Gasteiger partial charge in [0.15, 0.2) is 0 Å². The molecule has 5 nitrogen and oxygen atoms in total. The van der Waals surface area contributed by atoms with Crippen molar-refractivity contribution >= 4 is 22.7 Å². The van der Waals surface area contributed by atoms with Crippen LogP contribution in [0.25, 0.3) is 10.9 Å². The third-order valence-electron chi connectivity index (χ3n) is 4.67. The molecule has 0 unspecified atom stereocenters. The lowest BCUT2D eigenvalue weighted by Gasteiger charge is -2.30. The number of benzene rings is 1. The predicted molar refractivity (Wildman–Crippen MR) is 98.5 cm³/mol. The van der Waals surface area contributed by atoms with E-state index in [2.05, 4.69) is 10.3 Å². The van der Waals surface area contributed by atoms with Crippen LogP contribution in [0.3, 0.4) is 0 Å². The van der Waals surface area contributed by atoms with Gasteiger partial charge in [-0.05, 0) is 30.0 Å². The first-order valence-corrected chi connectivity index (χ1v) is 8.79. The van der Waals surface area contributed by atoms with Gasteiger partial charge in [0.25, 0.3) is 5.91 Å². The molecule has 1 fully saturated rings. The van der Waals surface area contributed by atoms with Crippen molar-refractivity contribution in [3.63, 3.8) is 0 Å². The summed E-state index contributed by atoms with van der Waals surface area (Å²) in [7, 11) is 1.69. The van der Waals surface area contributed by atoms with Crippen LogP contribution in [-0.2, 0) is 4.79 Å². The lowest BCUT2D eigenvalue weighted by Crippen LogP contribution is -2.43. The maximum absolute atomic E-state index is 13.1. The van der Waals surface area contributed by atoms with E-state index in [0.29, 0.717) is 25.1 Å². The van der Waals surface area contributed by atoms with Gasteiger partial charge in [0.2, 0.25) is 5.91 Å². The Morgan fingerprint density at radius 2 is 2.08 bits per heavy atom. The smallest absolute Gasteiger partial charge is 0.251 e. The molecule has 0 bridgehead atoms. The van der Waals surface area contributed by atoms with Gasteiger partial charge in [-0.1, -0.05) is 26.0 Å². The summed E-state index contributed by atoms with van der Waals surface area (Å²) < 4.78 is 13.1. The van der Waals surface area contributed by atoms with Gasteiger partial charge in [-0.25, -0.2) is 4.39 Å². The average Bonchev–Trinajstić information content (AvgIpc) is 3.34. The molecule has 26 heavy (non-hydrogen) atoms. The van der Waals surface area contributed by atoms with Gasteiger partial charge < -0.3 is 10.2 Å². The molecular weight excluding hydrogens is 333 g/mol. The Bertz CT molecular complexity index is 837. The molecule has 1 heterocycles. The molecule has 0 aliphatic heterocycles. The fourth-order valence-corrected chi connectivity index (χ4v) is 3.11. The van der Waals surface area contributed by atoms with Crippen LogP contribution >= 0.6 is 0 Å². The number of carbonyl (C=O) groups is 2. The SMILES string of the molecule is CN(CC(C)(C)CNC(=O)c1ccc2cccnc2c1)C(=O)[C@@H]1C[C@@H]1F. The van der Waals surface area contributed by atoms with E-state index in [1.807, 2.05) is 32.0 Å². The number of hydrogen-bond donors (Lipinski definition) is 1. The number of halogens is 1. The Balaban J connectivity index is 1.57. The first kappa shape index (κ1) is 18.3. The Hall–Kier alpha value is -2.50. The summed E-state index contributed by atoms with van der Waals surface area (Å²) in [6, 6.07) is 9.22. The number of amides is 2. The Morgan fingerprint density at radius 3 is 2.77 bits per heavy atom. The number of carbonyl (C=O) groups excluding carboxylic acids is 2. The molecule has 0 radical (unpaired) electrons. The molecule has 0 spiro atoms. The van der Waals surface area contributed by atoms with E-state index in [1.165, 1.54) is 0 Å². The summed E-state index contributed by atoms with van der Waals surface area (Å²) in [4.78, 5) is 30.3. The molecule has 138 valence electrons. The topological polar surface area (TPSA) is 62.3 Å². The van der Waals surface area contributed by atoms with Crippen LogP contribution in [0.4, 0.5) is 4.39 Å². The fourth-order valence-electron chi connectivity index (χ4n) is 3.11. The molecule has 1 aliphatic rings. The van der Waals surface area contributed by atoms with E-state index in [4.69, 9.17) is 0 Å². The first-order chi connectivity index (χ1) is 12.3. The van der Waals surface area contributed by atoms with Gasteiger partial charge in [-0.3, -0.25) is 14.6 Å². The number of rotatable bonds is 6. The molecular formula is C20H24FN3O2. The van der Waals surface area contributed by atoms with E-state index < -0.39 is 12.1 Å². The zero-order valence-corrected chi connectivity index (χ0v) is 15.3.